The minimum absolute atomic E-state index is 0.138. The van der Waals surface area contributed by atoms with Gasteiger partial charge in [0.2, 0.25) is 15.8 Å². The standard InChI is InChI=1S/C23H21FN2O3S2/c1-16-14-18-15-21(22(27)17-8-10-19(24)11-9-17)30-23(18)26(16)13-5-12-25-31(28,29)20-6-3-2-4-7-20/h2-4,6-11,14-15,25H,5,12-13H2,1H3. The molecule has 0 aliphatic rings. The van der Waals surface area contributed by atoms with Crippen LogP contribution in [0.25, 0.3) is 10.2 Å². The van der Waals surface area contributed by atoms with E-state index in [4.69, 9.17) is 0 Å². The zero-order valence-corrected chi connectivity index (χ0v) is 18.5. The monoisotopic (exact) mass is 456 g/mol. The SMILES string of the molecule is Cc1cc2cc(C(=O)c3ccc(F)cc3)sc2n1CCCNS(=O)(=O)c1ccccc1. The molecule has 0 aliphatic heterocycles. The first-order valence-electron chi connectivity index (χ1n) is 9.80. The number of hydrogen-bond donors (Lipinski definition) is 1. The Balaban J connectivity index is 1.45. The summed E-state index contributed by atoms with van der Waals surface area (Å²) in [5, 5.41) is 0.970. The van der Waals surface area contributed by atoms with E-state index in [-0.39, 0.29) is 16.5 Å². The van der Waals surface area contributed by atoms with Crippen molar-refractivity contribution in [2.24, 2.45) is 0 Å². The molecule has 1 N–H and O–H groups in total. The third-order valence-corrected chi connectivity index (χ3v) is 7.66. The summed E-state index contributed by atoms with van der Waals surface area (Å²) in [4.78, 5) is 14.5. The Morgan fingerprint density at radius 2 is 1.77 bits per heavy atom. The zero-order valence-electron chi connectivity index (χ0n) is 16.8. The predicted molar refractivity (Wildman–Crippen MR) is 121 cm³/mol. The molecule has 0 bridgehead atoms. The summed E-state index contributed by atoms with van der Waals surface area (Å²) in [5.41, 5.74) is 1.50. The second-order valence-electron chi connectivity index (χ2n) is 7.21. The van der Waals surface area contributed by atoms with Crippen LogP contribution < -0.4 is 4.72 Å². The highest BCUT2D eigenvalue weighted by Gasteiger charge is 2.17. The number of sulfonamides is 1. The molecule has 31 heavy (non-hydrogen) atoms. The molecular weight excluding hydrogens is 435 g/mol. The fraction of sp³-hybridized carbons (Fsp3) is 0.174. The molecule has 0 saturated heterocycles. The van der Waals surface area contributed by atoms with E-state index in [0.717, 1.165) is 15.9 Å². The van der Waals surface area contributed by atoms with Crippen LogP contribution in [-0.4, -0.2) is 25.3 Å². The lowest BCUT2D eigenvalue weighted by molar-refractivity contribution is 0.104. The van der Waals surface area contributed by atoms with E-state index < -0.39 is 10.0 Å². The predicted octanol–water partition coefficient (Wildman–Crippen LogP) is 4.75. The summed E-state index contributed by atoms with van der Waals surface area (Å²) < 4.78 is 42.5. The second-order valence-corrected chi connectivity index (χ2v) is 10.0. The van der Waals surface area contributed by atoms with Gasteiger partial charge in [-0.25, -0.2) is 17.5 Å². The summed E-state index contributed by atoms with van der Waals surface area (Å²) in [6.07, 6.45) is 0.607. The molecule has 0 unspecified atom stereocenters. The van der Waals surface area contributed by atoms with Crippen molar-refractivity contribution in [1.29, 1.82) is 0 Å². The Labute approximate surface area is 184 Å². The Morgan fingerprint density at radius 3 is 2.48 bits per heavy atom. The Kier molecular flexibility index (Phi) is 6.04. The summed E-state index contributed by atoms with van der Waals surface area (Å²) in [7, 11) is -3.52. The molecule has 2 aromatic carbocycles. The van der Waals surface area contributed by atoms with Crippen molar-refractivity contribution < 1.29 is 17.6 Å². The maximum absolute atomic E-state index is 13.1. The van der Waals surface area contributed by atoms with Crippen LogP contribution >= 0.6 is 11.3 Å². The highest BCUT2D eigenvalue weighted by Crippen LogP contribution is 2.30. The lowest BCUT2D eigenvalue weighted by Gasteiger charge is -2.09. The van der Waals surface area contributed by atoms with Crippen molar-refractivity contribution in [2.45, 2.75) is 24.8 Å². The van der Waals surface area contributed by atoms with E-state index in [9.17, 15) is 17.6 Å². The van der Waals surface area contributed by atoms with Crippen molar-refractivity contribution in [2.75, 3.05) is 6.54 Å². The number of fused-ring (bicyclic) bond motifs is 1. The first kappa shape index (κ1) is 21.4. The maximum Gasteiger partial charge on any atom is 0.240 e. The average molecular weight is 457 g/mol. The number of halogens is 1. The molecule has 0 amide bonds. The summed E-state index contributed by atoms with van der Waals surface area (Å²) in [6.45, 7) is 2.92. The van der Waals surface area contributed by atoms with Crippen LogP contribution in [0.1, 0.15) is 27.3 Å². The van der Waals surface area contributed by atoms with Gasteiger partial charge >= 0.3 is 0 Å². The van der Waals surface area contributed by atoms with E-state index in [1.807, 2.05) is 19.1 Å². The van der Waals surface area contributed by atoms with Crippen LogP contribution in [0.4, 0.5) is 4.39 Å². The maximum atomic E-state index is 13.1. The minimum Gasteiger partial charge on any atom is -0.337 e. The van der Waals surface area contributed by atoms with Gasteiger partial charge in [0.15, 0.2) is 0 Å². The van der Waals surface area contributed by atoms with E-state index in [1.165, 1.54) is 35.6 Å². The first-order valence-corrected chi connectivity index (χ1v) is 12.1. The highest BCUT2D eigenvalue weighted by molar-refractivity contribution is 7.89. The molecular formula is C23H21FN2O3S2. The second kappa shape index (κ2) is 8.74. The number of nitrogens with one attached hydrogen (secondary N) is 1. The van der Waals surface area contributed by atoms with Crippen LogP contribution in [-0.2, 0) is 16.6 Å². The van der Waals surface area contributed by atoms with Gasteiger partial charge in [0.1, 0.15) is 10.6 Å². The molecule has 160 valence electrons. The smallest absolute Gasteiger partial charge is 0.240 e. The Bertz CT molecular complexity index is 1320. The molecule has 0 spiro atoms. The van der Waals surface area contributed by atoms with Crippen LogP contribution in [0.2, 0.25) is 0 Å². The van der Waals surface area contributed by atoms with Crippen LogP contribution in [0, 0.1) is 12.7 Å². The van der Waals surface area contributed by atoms with Crippen molar-refractivity contribution in [3.63, 3.8) is 0 Å². The number of thiophene rings is 1. The molecule has 0 fully saturated rings. The molecule has 8 heteroatoms. The number of aryl methyl sites for hydroxylation is 2. The fourth-order valence-electron chi connectivity index (χ4n) is 3.43. The highest BCUT2D eigenvalue weighted by atomic mass is 32.2. The topological polar surface area (TPSA) is 68.2 Å². The lowest BCUT2D eigenvalue weighted by atomic mass is 10.1. The first-order chi connectivity index (χ1) is 14.8. The van der Waals surface area contributed by atoms with Crippen molar-refractivity contribution in [3.05, 3.63) is 88.7 Å². The number of hydrogen-bond acceptors (Lipinski definition) is 4. The lowest BCUT2D eigenvalue weighted by Crippen LogP contribution is -2.25. The normalized spacial score (nSPS) is 11.8. The van der Waals surface area contributed by atoms with Gasteiger partial charge in [0.05, 0.1) is 9.77 Å². The zero-order chi connectivity index (χ0) is 22.0. The number of benzene rings is 2. The van der Waals surface area contributed by atoms with Crippen molar-refractivity contribution >= 4 is 37.4 Å². The number of aromatic nitrogens is 1. The quantitative estimate of drug-likeness (QED) is 0.307. The van der Waals surface area contributed by atoms with Gasteiger partial charge in [0.25, 0.3) is 0 Å². The van der Waals surface area contributed by atoms with Gasteiger partial charge in [-0.2, -0.15) is 0 Å². The fourth-order valence-corrected chi connectivity index (χ4v) is 5.71. The molecule has 0 saturated carbocycles. The summed E-state index contributed by atoms with van der Waals surface area (Å²) in [6, 6.07) is 17.7. The Morgan fingerprint density at radius 1 is 1.06 bits per heavy atom. The van der Waals surface area contributed by atoms with Gasteiger partial charge in [-0.15, -0.1) is 11.3 Å². The third kappa shape index (κ3) is 4.61. The minimum atomic E-state index is -3.52. The van der Waals surface area contributed by atoms with E-state index in [0.29, 0.717) is 30.0 Å². The number of carbonyl (C=O) groups excluding carboxylic acids is 1. The van der Waals surface area contributed by atoms with E-state index >= 15 is 0 Å². The largest absolute Gasteiger partial charge is 0.337 e. The van der Waals surface area contributed by atoms with Gasteiger partial charge in [0, 0.05) is 29.7 Å². The summed E-state index contributed by atoms with van der Waals surface area (Å²) >= 11 is 1.39. The third-order valence-electron chi connectivity index (χ3n) is 5.01. The van der Waals surface area contributed by atoms with Gasteiger partial charge in [-0.1, -0.05) is 18.2 Å². The molecule has 2 heterocycles. The molecule has 0 aliphatic carbocycles. The molecule has 0 radical (unpaired) electrons. The molecule has 0 atom stereocenters. The number of rotatable bonds is 8. The molecule has 2 aromatic heterocycles. The average Bonchev–Trinajstić information content (AvgIpc) is 3.29. The van der Waals surface area contributed by atoms with Gasteiger partial charge < -0.3 is 4.57 Å². The molecule has 4 rings (SSSR count). The van der Waals surface area contributed by atoms with Gasteiger partial charge in [-0.3, -0.25) is 4.79 Å². The van der Waals surface area contributed by atoms with E-state index in [2.05, 4.69) is 9.29 Å². The Hall–Kier alpha value is -2.81. The number of ketones is 1. The van der Waals surface area contributed by atoms with Gasteiger partial charge in [-0.05, 0) is 61.9 Å². The molecule has 5 nitrogen and oxygen atoms in total. The van der Waals surface area contributed by atoms with Crippen molar-refractivity contribution in [1.82, 2.24) is 9.29 Å². The number of nitrogens with zero attached hydrogens (tertiary/aromatic N) is 1. The number of carbonyl (C=O) groups is 1. The summed E-state index contributed by atoms with van der Waals surface area (Å²) in [5.74, 6) is -0.515. The molecule has 4 aromatic rings. The van der Waals surface area contributed by atoms with Crippen LogP contribution in [0.5, 0.6) is 0 Å². The van der Waals surface area contributed by atoms with E-state index in [1.54, 1.807) is 30.3 Å². The van der Waals surface area contributed by atoms with Crippen molar-refractivity contribution in [3.8, 4) is 0 Å². The van der Waals surface area contributed by atoms with Crippen LogP contribution in [0.3, 0.4) is 0 Å². The van der Waals surface area contributed by atoms with Crippen LogP contribution in [0.15, 0.2) is 71.6 Å².